The van der Waals surface area contributed by atoms with Crippen molar-refractivity contribution < 1.29 is 43.9 Å². The molecule has 1 aliphatic rings. The van der Waals surface area contributed by atoms with Crippen LogP contribution in [0.2, 0.25) is 0 Å². The van der Waals surface area contributed by atoms with Crippen molar-refractivity contribution in [3.8, 4) is 0 Å². The first-order valence-corrected chi connectivity index (χ1v) is 9.40. The Hall–Kier alpha value is -1.99. The molecule has 0 aliphatic carbocycles. The van der Waals surface area contributed by atoms with E-state index in [1.807, 2.05) is 0 Å². The first-order valence-electron chi connectivity index (χ1n) is 9.40. The molecule has 0 aromatic heterocycles. The lowest BCUT2D eigenvalue weighted by atomic mass is 9.97. The summed E-state index contributed by atoms with van der Waals surface area (Å²) in [4.78, 5) is 28.4. The largest absolute Gasteiger partial charge is 0.444 e. The highest BCUT2D eigenvalue weighted by Crippen LogP contribution is 2.24. The summed E-state index contributed by atoms with van der Waals surface area (Å²) < 4.78 is 20.8. The maximum atomic E-state index is 12.2. The number of carbonyl (C=O) groups is 2. The number of hydrogen-bond donors (Lipinski definition) is 5. The Labute approximate surface area is 175 Å². The fraction of sp³-hybridized carbons (Fsp3) is 0.833. The predicted molar refractivity (Wildman–Crippen MR) is 105 cm³/mol. The van der Waals surface area contributed by atoms with Crippen LogP contribution in [-0.4, -0.2) is 89.0 Å². The van der Waals surface area contributed by atoms with Gasteiger partial charge in [0.05, 0.1) is 6.61 Å². The Bertz CT molecular complexity index is 593. The molecule has 2 amide bonds. The fourth-order valence-corrected chi connectivity index (χ4v) is 2.44. The van der Waals surface area contributed by atoms with E-state index >= 15 is 0 Å². The minimum absolute atomic E-state index is 0.414. The highest BCUT2D eigenvalue weighted by Gasteiger charge is 2.45. The molecule has 5 atom stereocenters. The molecule has 1 heterocycles. The van der Waals surface area contributed by atoms with Gasteiger partial charge in [0.1, 0.15) is 35.6 Å². The number of nitrogens with zero attached hydrogens (tertiary/aromatic N) is 1. The van der Waals surface area contributed by atoms with Crippen molar-refractivity contribution in [1.29, 1.82) is 0 Å². The lowest BCUT2D eigenvalue weighted by Crippen LogP contribution is -2.59. The number of rotatable bonds is 3. The van der Waals surface area contributed by atoms with Gasteiger partial charge in [0.25, 0.3) is 0 Å². The first kappa shape index (κ1) is 26.0. The van der Waals surface area contributed by atoms with Gasteiger partial charge in [0.15, 0.2) is 6.29 Å². The molecule has 0 bridgehead atoms. The minimum Gasteiger partial charge on any atom is -0.444 e. The summed E-state index contributed by atoms with van der Waals surface area (Å²) in [5.74, 6) is -0.414. The molecule has 0 saturated carbocycles. The van der Waals surface area contributed by atoms with E-state index in [1.165, 1.54) is 7.11 Å². The van der Waals surface area contributed by atoms with Crippen molar-refractivity contribution >= 4 is 18.1 Å². The molecule has 5 N–H and O–H groups in total. The molecular weight excluding hydrogens is 402 g/mol. The van der Waals surface area contributed by atoms with Gasteiger partial charge in [-0.3, -0.25) is 10.6 Å². The predicted octanol–water partition coefficient (Wildman–Crippen LogP) is -0.154. The standard InChI is InChI=1S/C18H33N3O9/c1-17(2,3)29-15(25)20-14(21-16(26)30-18(4,5)6)19-10-12(24)11(23)9(8-22)28-13(10)27-7/h9-13,22-24H,8H2,1-7H3,(H2,19,20,21,25,26)/t9-,10-,11+,12-,13?/m1/s1. The average Bonchev–Trinajstić information content (AvgIpc) is 2.55. The highest BCUT2D eigenvalue weighted by molar-refractivity contribution is 6.01. The van der Waals surface area contributed by atoms with E-state index in [9.17, 15) is 24.9 Å². The third kappa shape index (κ3) is 8.40. The van der Waals surface area contributed by atoms with Crippen LogP contribution >= 0.6 is 0 Å². The molecule has 1 rings (SSSR count). The molecule has 12 nitrogen and oxygen atoms in total. The molecule has 30 heavy (non-hydrogen) atoms. The van der Waals surface area contributed by atoms with Crippen LogP contribution in [0.5, 0.6) is 0 Å². The summed E-state index contributed by atoms with van der Waals surface area (Å²) in [7, 11) is 1.27. The Kier molecular flexibility index (Phi) is 8.99. The molecule has 1 saturated heterocycles. The number of alkyl carbamates (subject to hydrolysis) is 2. The van der Waals surface area contributed by atoms with Gasteiger partial charge in [0.2, 0.25) is 5.96 Å². The lowest BCUT2D eigenvalue weighted by Gasteiger charge is -2.39. The second-order valence-corrected chi connectivity index (χ2v) is 8.66. The summed E-state index contributed by atoms with van der Waals surface area (Å²) in [6.07, 6.45) is -7.15. The quantitative estimate of drug-likeness (QED) is 0.299. The SMILES string of the molecule is COC1O[C@H](CO)[C@H](O)[C@H](O)[C@H]1N=C(NC(=O)OC(C)(C)C)NC(=O)OC(C)(C)C. The van der Waals surface area contributed by atoms with Crippen LogP contribution in [0.1, 0.15) is 41.5 Å². The Morgan fingerprint density at radius 1 is 0.967 bits per heavy atom. The number of ether oxygens (including phenoxy) is 4. The zero-order valence-corrected chi connectivity index (χ0v) is 18.3. The van der Waals surface area contributed by atoms with Crippen LogP contribution in [0.4, 0.5) is 9.59 Å². The topological polar surface area (TPSA) is 168 Å². The molecule has 0 aromatic carbocycles. The van der Waals surface area contributed by atoms with E-state index in [1.54, 1.807) is 41.5 Å². The normalized spacial score (nSPS) is 27.1. The Morgan fingerprint density at radius 2 is 1.43 bits per heavy atom. The van der Waals surface area contributed by atoms with Crippen LogP contribution in [0.25, 0.3) is 0 Å². The maximum absolute atomic E-state index is 12.2. The number of guanidine groups is 1. The third-order valence-corrected chi connectivity index (χ3v) is 3.60. The van der Waals surface area contributed by atoms with Gasteiger partial charge in [-0.1, -0.05) is 0 Å². The lowest BCUT2D eigenvalue weighted by molar-refractivity contribution is -0.257. The zero-order valence-electron chi connectivity index (χ0n) is 18.3. The van der Waals surface area contributed by atoms with Gasteiger partial charge in [-0.15, -0.1) is 0 Å². The summed E-state index contributed by atoms with van der Waals surface area (Å²) in [5.41, 5.74) is -1.65. The second kappa shape index (κ2) is 10.4. The van der Waals surface area contributed by atoms with E-state index in [0.29, 0.717) is 0 Å². The number of amides is 2. The van der Waals surface area contributed by atoms with E-state index < -0.39 is 66.6 Å². The first-order chi connectivity index (χ1) is 13.7. The molecule has 0 spiro atoms. The molecule has 1 aliphatic heterocycles. The van der Waals surface area contributed by atoms with E-state index in [2.05, 4.69) is 15.6 Å². The van der Waals surface area contributed by atoms with Crippen molar-refractivity contribution in [3.05, 3.63) is 0 Å². The van der Waals surface area contributed by atoms with Gasteiger partial charge in [0, 0.05) is 7.11 Å². The van der Waals surface area contributed by atoms with Crippen molar-refractivity contribution in [3.63, 3.8) is 0 Å². The van der Waals surface area contributed by atoms with E-state index in [-0.39, 0.29) is 0 Å². The molecule has 12 heteroatoms. The van der Waals surface area contributed by atoms with Gasteiger partial charge >= 0.3 is 12.2 Å². The Morgan fingerprint density at radius 3 is 1.80 bits per heavy atom. The van der Waals surface area contributed by atoms with Crippen LogP contribution in [0.3, 0.4) is 0 Å². The Balaban J connectivity index is 3.15. The molecule has 0 radical (unpaired) electrons. The number of nitrogens with one attached hydrogen (secondary N) is 2. The second-order valence-electron chi connectivity index (χ2n) is 8.66. The van der Waals surface area contributed by atoms with Gasteiger partial charge < -0.3 is 34.3 Å². The van der Waals surface area contributed by atoms with Crippen molar-refractivity contribution in [2.75, 3.05) is 13.7 Å². The zero-order chi connectivity index (χ0) is 23.3. The molecule has 174 valence electrons. The van der Waals surface area contributed by atoms with Crippen LogP contribution < -0.4 is 10.6 Å². The average molecular weight is 435 g/mol. The summed E-state index contributed by atoms with van der Waals surface area (Å²) in [5, 5.41) is 34.3. The minimum atomic E-state index is -1.53. The van der Waals surface area contributed by atoms with Crippen LogP contribution in [0.15, 0.2) is 4.99 Å². The van der Waals surface area contributed by atoms with Gasteiger partial charge in [-0.05, 0) is 41.5 Å². The van der Waals surface area contributed by atoms with E-state index in [0.717, 1.165) is 0 Å². The number of carbonyl (C=O) groups excluding carboxylic acids is 2. The summed E-state index contributed by atoms with van der Waals surface area (Å²) >= 11 is 0. The molecule has 1 fully saturated rings. The number of methoxy groups -OCH3 is 1. The van der Waals surface area contributed by atoms with E-state index in [4.69, 9.17) is 18.9 Å². The van der Waals surface area contributed by atoms with Crippen LogP contribution in [-0.2, 0) is 18.9 Å². The maximum Gasteiger partial charge on any atom is 0.414 e. The van der Waals surface area contributed by atoms with Crippen molar-refractivity contribution in [2.45, 2.75) is 83.4 Å². The number of aliphatic hydroxyl groups excluding tert-OH is 3. The highest BCUT2D eigenvalue weighted by atomic mass is 16.7. The van der Waals surface area contributed by atoms with Crippen molar-refractivity contribution in [1.82, 2.24) is 10.6 Å². The fourth-order valence-electron chi connectivity index (χ4n) is 2.44. The van der Waals surface area contributed by atoms with Gasteiger partial charge in [-0.2, -0.15) is 0 Å². The molecule has 0 aromatic rings. The summed E-state index contributed by atoms with van der Waals surface area (Å²) in [6, 6.07) is -1.26. The third-order valence-electron chi connectivity index (χ3n) is 3.60. The molecule has 1 unspecified atom stereocenters. The number of aliphatic imine (C=N–C) groups is 1. The summed E-state index contributed by atoms with van der Waals surface area (Å²) in [6.45, 7) is 9.33. The number of aliphatic hydroxyl groups is 3. The van der Waals surface area contributed by atoms with Gasteiger partial charge in [-0.25, -0.2) is 14.6 Å². The smallest absolute Gasteiger partial charge is 0.414 e. The van der Waals surface area contributed by atoms with Crippen LogP contribution in [0, 0.1) is 0 Å². The number of hydrogen-bond acceptors (Lipinski definition) is 10. The molecular formula is C18H33N3O9. The van der Waals surface area contributed by atoms with Crippen molar-refractivity contribution in [2.24, 2.45) is 4.99 Å². The monoisotopic (exact) mass is 435 g/mol.